The fourth-order valence-corrected chi connectivity index (χ4v) is 1.87. The van der Waals surface area contributed by atoms with Crippen LogP contribution >= 0.6 is 0 Å². The molecule has 0 aromatic rings. The standard InChI is InChI=1S/C8H14N4O2/c13-11-10-8-9-2-3-12(8)5-7-1-4-14-6-7/h7H,1-6H2,(H,9,10,13). The number of ether oxygens (including phenoxy) is 1. The van der Waals surface area contributed by atoms with Crippen LogP contribution in [-0.2, 0) is 4.74 Å². The molecule has 2 aliphatic rings. The van der Waals surface area contributed by atoms with Crippen molar-refractivity contribution < 1.29 is 4.74 Å². The molecule has 2 fully saturated rings. The summed E-state index contributed by atoms with van der Waals surface area (Å²) in [6.07, 6.45) is 1.10. The third-order valence-electron chi connectivity index (χ3n) is 2.60. The Morgan fingerprint density at radius 2 is 2.57 bits per heavy atom. The SMILES string of the molecule is O=NN=C1NCCN1CC1CCOC1. The van der Waals surface area contributed by atoms with E-state index in [-0.39, 0.29) is 0 Å². The van der Waals surface area contributed by atoms with Gasteiger partial charge < -0.3 is 15.0 Å². The predicted octanol–water partition coefficient (Wildman–Crippen LogP) is -0.0345. The summed E-state index contributed by atoms with van der Waals surface area (Å²) in [5.74, 6) is 1.17. The summed E-state index contributed by atoms with van der Waals surface area (Å²) >= 11 is 0. The summed E-state index contributed by atoms with van der Waals surface area (Å²) in [7, 11) is 0. The van der Waals surface area contributed by atoms with Gasteiger partial charge in [-0.15, -0.1) is 4.91 Å². The summed E-state index contributed by atoms with van der Waals surface area (Å²) in [6.45, 7) is 4.30. The molecule has 14 heavy (non-hydrogen) atoms. The van der Waals surface area contributed by atoms with E-state index >= 15 is 0 Å². The van der Waals surface area contributed by atoms with Gasteiger partial charge in [0.25, 0.3) is 0 Å². The van der Waals surface area contributed by atoms with Crippen LogP contribution in [0.2, 0.25) is 0 Å². The van der Waals surface area contributed by atoms with Crippen LogP contribution in [0, 0.1) is 10.8 Å². The average Bonchev–Trinajstić information content (AvgIpc) is 2.80. The topological polar surface area (TPSA) is 66.3 Å². The van der Waals surface area contributed by atoms with Crippen molar-refractivity contribution >= 4 is 5.96 Å². The highest BCUT2D eigenvalue weighted by Crippen LogP contribution is 2.14. The van der Waals surface area contributed by atoms with Crippen LogP contribution < -0.4 is 5.32 Å². The number of hydrogen-bond acceptors (Lipinski definition) is 3. The second kappa shape index (κ2) is 4.36. The zero-order valence-corrected chi connectivity index (χ0v) is 7.98. The third-order valence-corrected chi connectivity index (χ3v) is 2.60. The molecular formula is C8H14N4O2. The average molecular weight is 198 g/mol. The highest BCUT2D eigenvalue weighted by Gasteiger charge is 2.24. The van der Waals surface area contributed by atoms with Gasteiger partial charge in [-0.05, 0) is 6.42 Å². The van der Waals surface area contributed by atoms with Crippen molar-refractivity contribution in [2.45, 2.75) is 6.42 Å². The van der Waals surface area contributed by atoms with Crippen LogP contribution in [-0.4, -0.2) is 43.7 Å². The van der Waals surface area contributed by atoms with Crippen molar-refractivity contribution in [3.05, 3.63) is 4.91 Å². The lowest BCUT2D eigenvalue weighted by Crippen LogP contribution is -2.34. The molecule has 0 radical (unpaired) electrons. The van der Waals surface area contributed by atoms with Gasteiger partial charge in [-0.2, -0.15) is 0 Å². The number of nitrogens with one attached hydrogen (secondary N) is 1. The number of rotatable bonds is 3. The summed E-state index contributed by atoms with van der Waals surface area (Å²) in [4.78, 5) is 12.1. The Morgan fingerprint density at radius 1 is 1.64 bits per heavy atom. The molecule has 0 amide bonds. The van der Waals surface area contributed by atoms with Gasteiger partial charge in [-0.1, -0.05) is 5.10 Å². The van der Waals surface area contributed by atoms with E-state index in [2.05, 4.69) is 20.6 Å². The van der Waals surface area contributed by atoms with Crippen LogP contribution in [0.4, 0.5) is 0 Å². The Bertz CT molecular complexity index is 237. The summed E-state index contributed by atoms with van der Waals surface area (Å²) in [6, 6.07) is 0. The maximum atomic E-state index is 10.0. The maximum Gasteiger partial charge on any atom is 0.222 e. The Balaban J connectivity index is 1.89. The third kappa shape index (κ3) is 2.01. The second-order valence-electron chi connectivity index (χ2n) is 3.61. The van der Waals surface area contributed by atoms with Crippen LogP contribution in [0.3, 0.4) is 0 Å². The zero-order chi connectivity index (χ0) is 9.80. The normalized spacial score (nSPS) is 29.6. The van der Waals surface area contributed by atoms with Crippen molar-refractivity contribution in [2.75, 3.05) is 32.8 Å². The van der Waals surface area contributed by atoms with Gasteiger partial charge in [0.15, 0.2) is 0 Å². The van der Waals surface area contributed by atoms with Gasteiger partial charge in [0.2, 0.25) is 5.96 Å². The van der Waals surface area contributed by atoms with Crippen molar-refractivity contribution in [3.8, 4) is 0 Å². The van der Waals surface area contributed by atoms with E-state index in [0.29, 0.717) is 11.9 Å². The van der Waals surface area contributed by atoms with Crippen LogP contribution in [0.1, 0.15) is 6.42 Å². The summed E-state index contributed by atoms with van der Waals surface area (Å²) in [5, 5.41) is 9.08. The summed E-state index contributed by atoms with van der Waals surface area (Å²) in [5.41, 5.74) is 0. The first-order valence-electron chi connectivity index (χ1n) is 4.87. The molecule has 1 N–H and O–H groups in total. The minimum Gasteiger partial charge on any atom is -0.381 e. The molecule has 0 aromatic heterocycles. The van der Waals surface area contributed by atoms with Crippen LogP contribution in [0.25, 0.3) is 0 Å². The number of nitroso groups, excluding NO2 is 1. The van der Waals surface area contributed by atoms with E-state index < -0.39 is 0 Å². The van der Waals surface area contributed by atoms with Crippen LogP contribution in [0.15, 0.2) is 10.4 Å². The monoisotopic (exact) mass is 198 g/mol. The first-order valence-corrected chi connectivity index (χ1v) is 4.87. The van der Waals surface area contributed by atoms with Crippen LogP contribution in [0.5, 0.6) is 0 Å². The fourth-order valence-electron chi connectivity index (χ4n) is 1.87. The van der Waals surface area contributed by atoms with Crippen molar-refractivity contribution in [3.63, 3.8) is 0 Å². The lowest BCUT2D eigenvalue weighted by Gasteiger charge is -2.19. The largest absolute Gasteiger partial charge is 0.381 e. The van der Waals surface area contributed by atoms with Crippen molar-refractivity contribution in [1.82, 2.24) is 10.2 Å². The van der Waals surface area contributed by atoms with Gasteiger partial charge in [0, 0.05) is 32.2 Å². The minimum absolute atomic E-state index is 0.562. The van der Waals surface area contributed by atoms with E-state index in [9.17, 15) is 4.91 Å². The van der Waals surface area contributed by atoms with E-state index in [4.69, 9.17) is 4.74 Å². The number of nitrogens with zero attached hydrogens (tertiary/aromatic N) is 3. The van der Waals surface area contributed by atoms with Gasteiger partial charge in [-0.25, -0.2) is 0 Å². The first-order chi connectivity index (χ1) is 6.90. The molecule has 1 unspecified atom stereocenters. The molecule has 2 saturated heterocycles. The lowest BCUT2D eigenvalue weighted by molar-refractivity contribution is 0.180. The van der Waals surface area contributed by atoms with Gasteiger partial charge in [0.1, 0.15) is 0 Å². The fraction of sp³-hybridized carbons (Fsp3) is 0.875. The smallest absolute Gasteiger partial charge is 0.222 e. The van der Waals surface area contributed by atoms with E-state index in [1.54, 1.807) is 0 Å². The van der Waals surface area contributed by atoms with Crippen molar-refractivity contribution in [2.24, 2.45) is 16.3 Å². The predicted molar refractivity (Wildman–Crippen MR) is 51.7 cm³/mol. The number of hydrogen-bond donors (Lipinski definition) is 1. The Labute approximate surface area is 82.3 Å². The molecule has 0 spiro atoms. The van der Waals surface area contributed by atoms with Gasteiger partial charge >= 0.3 is 0 Å². The van der Waals surface area contributed by atoms with Gasteiger partial charge in [0.05, 0.1) is 11.9 Å². The highest BCUT2D eigenvalue weighted by atomic mass is 16.5. The van der Waals surface area contributed by atoms with E-state index in [1.165, 1.54) is 0 Å². The molecule has 0 saturated carbocycles. The van der Waals surface area contributed by atoms with Crippen molar-refractivity contribution in [1.29, 1.82) is 0 Å². The minimum atomic E-state index is 0.562. The molecular weight excluding hydrogens is 184 g/mol. The molecule has 2 aliphatic heterocycles. The molecule has 2 heterocycles. The summed E-state index contributed by atoms with van der Waals surface area (Å²) < 4.78 is 5.29. The number of guanidine groups is 1. The Kier molecular flexibility index (Phi) is 2.93. The van der Waals surface area contributed by atoms with Gasteiger partial charge in [-0.3, -0.25) is 0 Å². The lowest BCUT2D eigenvalue weighted by atomic mass is 10.1. The molecule has 6 heteroatoms. The van der Waals surface area contributed by atoms with E-state index in [0.717, 1.165) is 39.3 Å². The Hall–Kier alpha value is -1.17. The first kappa shape index (κ1) is 9.39. The maximum absolute atomic E-state index is 10.0. The molecule has 0 aliphatic carbocycles. The second-order valence-corrected chi connectivity index (χ2v) is 3.61. The molecule has 0 aromatic carbocycles. The highest BCUT2D eigenvalue weighted by molar-refractivity contribution is 5.81. The molecule has 6 nitrogen and oxygen atoms in total. The quantitative estimate of drug-likeness (QED) is 0.510. The zero-order valence-electron chi connectivity index (χ0n) is 7.98. The molecule has 78 valence electrons. The Morgan fingerprint density at radius 3 is 3.29 bits per heavy atom. The molecule has 1 atom stereocenters. The van der Waals surface area contributed by atoms with E-state index in [1.807, 2.05) is 0 Å². The molecule has 0 bridgehead atoms. The molecule has 2 rings (SSSR count).